The van der Waals surface area contributed by atoms with Crippen LogP contribution in [0.1, 0.15) is 23.1 Å². The highest BCUT2D eigenvalue weighted by atomic mass is 35.5. The van der Waals surface area contributed by atoms with Gasteiger partial charge in [-0.3, -0.25) is 5.14 Å². The second-order valence-electron chi connectivity index (χ2n) is 5.13. The number of benzene rings is 2. The van der Waals surface area contributed by atoms with Gasteiger partial charge >= 0.3 is 0 Å². The summed E-state index contributed by atoms with van der Waals surface area (Å²) in [6.45, 7) is 0. The molecule has 0 fully saturated rings. The van der Waals surface area contributed by atoms with Crippen molar-refractivity contribution >= 4 is 47.3 Å². The molecule has 3 N–H and O–H groups in total. The summed E-state index contributed by atoms with van der Waals surface area (Å²) in [6.07, 6.45) is 5.59. The van der Waals surface area contributed by atoms with Crippen LogP contribution in [0.15, 0.2) is 46.7 Å². The van der Waals surface area contributed by atoms with E-state index in [1.54, 1.807) is 11.9 Å². The van der Waals surface area contributed by atoms with Crippen molar-refractivity contribution in [2.24, 2.45) is 5.14 Å². The molecule has 0 aliphatic heterocycles. The molecular weight excluding hydrogens is 332 g/mol. The van der Waals surface area contributed by atoms with E-state index >= 15 is 0 Å². The van der Waals surface area contributed by atoms with Gasteiger partial charge in [0.15, 0.2) is 0 Å². The van der Waals surface area contributed by atoms with E-state index in [-0.39, 0.29) is 0 Å². The highest BCUT2D eigenvalue weighted by Crippen LogP contribution is 2.36. The fourth-order valence-corrected chi connectivity index (χ4v) is 4.03. The van der Waals surface area contributed by atoms with Gasteiger partial charge in [0.25, 0.3) is 0 Å². The lowest BCUT2D eigenvalue weighted by atomic mass is 10.1. The molecule has 0 aromatic heterocycles. The largest absolute Gasteiger partial charge is 0.325 e. The predicted octanol–water partition coefficient (Wildman–Crippen LogP) is 5.53. The Labute approximate surface area is 144 Å². The highest BCUT2D eigenvalue weighted by molar-refractivity contribution is 8.03. The highest BCUT2D eigenvalue weighted by Gasteiger charge is 2.17. The summed E-state index contributed by atoms with van der Waals surface area (Å²) in [5.41, 5.74) is 5.08. The van der Waals surface area contributed by atoms with Crippen LogP contribution in [0.25, 0.3) is 6.08 Å². The summed E-state index contributed by atoms with van der Waals surface area (Å²) in [7, 11) is 0. The van der Waals surface area contributed by atoms with Crippen molar-refractivity contribution in [1.82, 2.24) is 0 Å². The minimum absolute atomic E-state index is 0.755. The number of aryl methyl sites for hydroxylation is 1. The molecule has 0 saturated carbocycles. The molecule has 1 aliphatic carbocycles. The first-order chi connectivity index (χ1) is 10.8. The molecule has 5 heteroatoms. The number of fused-ring (bicyclic) bond motifs is 1. The van der Waals surface area contributed by atoms with E-state index in [9.17, 15) is 0 Å². The lowest BCUT2D eigenvalue weighted by Crippen LogP contribution is -1.96. The Morgan fingerprint density at radius 1 is 1.09 bits per heavy atom. The Kier molecular flexibility index (Phi) is 5.37. The molecule has 0 atom stereocenters. The van der Waals surface area contributed by atoms with E-state index < -0.39 is 0 Å². The zero-order valence-corrected chi connectivity index (χ0v) is 14.4. The van der Waals surface area contributed by atoms with Gasteiger partial charge in [-0.05, 0) is 89.5 Å². The van der Waals surface area contributed by atoms with Crippen molar-refractivity contribution in [1.29, 1.82) is 0 Å². The molecule has 2 aromatic carbocycles. The monoisotopic (exact) mass is 348 g/mol. The molecule has 22 heavy (non-hydrogen) atoms. The van der Waals surface area contributed by atoms with Crippen molar-refractivity contribution < 1.29 is 0 Å². The second kappa shape index (κ2) is 7.47. The first kappa shape index (κ1) is 15.8. The average molecular weight is 349 g/mol. The molecule has 114 valence electrons. The van der Waals surface area contributed by atoms with E-state index in [2.05, 4.69) is 22.9 Å². The number of anilines is 1. The van der Waals surface area contributed by atoms with Crippen LogP contribution in [0.4, 0.5) is 5.69 Å². The zero-order chi connectivity index (χ0) is 15.4. The van der Waals surface area contributed by atoms with Crippen LogP contribution in [-0.2, 0) is 12.8 Å². The third-order valence-corrected chi connectivity index (χ3v) is 5.28. The number of nitrogens with two attached hydrogens (primary N) is 1. The SMILES string of the molecule is NSc1c(NS/C=C/c2ccc(Cl)cc2)ccc2c1CCC2. The summed E-state index contributed by atoms with van der Waals surface area (Å²) in [4.78, 5) is 1.18. The van der Waals surface area contributed by atoms with Crippen LogP contribution in [0.5, 0.6) is 0 Å². The zero-order valence-electron chi connectivity index (χ0n) is 12.0. The molecule has 0 bridgehead atoms. The van der Waals surface area contributed by atoms with Gasteiger partial charge in [0.1, 0.15) is 0 Å². The van der Waals surface area contributed by atoms with Gasteiger partial charge in [0.2, 0.25) is 0 Å². The standard InChI is InChI=1S/C17H17ClN2S2/c18-14-7-4-12(5-8-14)10-11-21-20-16-9-6-13-2-1-3-15(13)17(16)22-19/h4-11,20H,1-3,19H2/b11-10+. The molecule has 0 unspecified atom stereocenters. The summed E-state index contributed by atoms with van der Waals surface area (Å²) in [5.74, 6) is 0. The van der Waals surface area contributed by atoms with Crippen LogP contribution < -0.4 is 9.86 Å². The van der Waals surface area contributed by atoms with Crippen LogP contribution in [0, 0.1) is 0 Å². The molecule has 0 heterocycles. The minimum atomic E-state index is 0.755. The number of rotatable bonds is 5. The number of hydrogen-bond acceptors (Lipinski definition) is 4. The van der Waals surface area contributed by atoms with E-state index in [1.807, 2.05) is 29.7 Å². The van der Waals surface area contributed by atoms with E-state index in [1.165, 1.54) is 40.8 Å². The molecular formula is C17H17ClN2S2. The Morgan fingerprint density at radius 2 is 1.91 bits per heavy atom. The molecule has 0 spiro atoms. The van der Waals surface area contributed by atoms with Gasteiger partial charge in [0.05, 0.1) is 10.6 Å². The average Bonchev–Trinajstić information content (AvgIpc) is 3.01. The first-order valence-electron chi connectivity index (χ1n) is 7.13. The van der Waals surface area contributed by atoms with Gasteiger partial charge in [-0.15, -0.1) is 0 Å². The second-order valence-corrected chi connectivity index (χ2v) is 6.92. The predicted molar refractivity (Wildman–Crippen MR) is 100 cm³/mol. The van der Waals surface area contributed by atoms with Gasteiger partial charge in [0, 0.05) is 5.02 Å². The fourth-order valence-electron chi connectivity index (χ4n) is 2.63. The first-order valence-corrected chi connectivity index (χ1v) is 9.27. The van der Waals surface area contributed by atoms with Gasteiger partial charge < -0.3 is 4.72 Å². The van der Waals surface area contributed by atoms with Crippen LogP contribution in [0.2, 0.25) is 5.02 Å². The molecule has 0 radical (unpaired) electrons. The molecule has 1 aliphatic rings. The molecule has 2 aromatic rings. The van der Waals surface area contributed by atoms with Crippen LogP contribution in [0.3, 0.4) is 0 Å². The van der Waals surface area contributed by atoms with Crippen molar-refractivity contribution in [3.05, 3.63) is 63.5 Å². The number of nitrogens with one attached hydrogen (secondary N) is 1. The van der Waals surface area contributed by atoms with E-state index in [4.69, 9.17) is 16.7 Å². The van der Waals surface area contributed by atoms with Crippen LogP contribution >= 0.6 is 35.5 Å². The maximum Gasteiger partial charge on any atom is 0.0596 e. The summed E-state index contributed by atoms with van der Waals surface area (Å²) in [5, 5.41) is 8.65. The molecule has 0 amide bonds. The quantitative estimate of drug-likeness (QED) is 0.697. The van der Waals surface area contributed by atoms with Crippen molar-refractivity contribution in [2.75, 3.05) is 4.72 Å². The van der Waals surface area contributed by atoms with Crippen LogP contribution in [-0.4, -0.2) is 0 Å². The van der Waals surface area contributed by atoms with E-state index in [0.29, 0.717) is 0 Å². The third kappa shape index (κ3) is 3.63. The van der Waals surface area contributed by atoms with Crippen molar-refractivity contribution in [3.63, 3.8) is 0 Å². The Hall–Kier alpha value is -1.07. The summed E-state index contributed by atoms with van der Waals surface area (Å²) < 4.78 is 3.38. The fraction of sp³-hybridized carbons (Fsp3) is 0.176. The molecule has 2 nitrogen and oxygen atoms in total. The molecule has 3 rings (SSSR count). The summed E-state index contributed by atoms with van der Waals surface area (Å²) >= 11 is 8.77. The lowest BCUT2D eigenvalue weighted by molar-refractivity contribution is 0.906. The topological polar surface area (TPSA) is 38.0 Å². The summed E-state index contributed by atoms with van der Waals surface area (Å²) in [6, 6.07) is 12.1. The van der Waals surface area contributed by atoms with Crippen molar-refractivity contribution in [3.8, 4) is 0 Å². The maximum absolute atomic E-state index is 5.88. The Bertz CT molecular complexity index is 684. The van der Waals surface area contributed by atoms with Crippen molar-refractivity contribution in [2.45, 2.75) is 24.2 Å². The Balaban J connectivity index is 1.65. The van der Waals surface area contributed by atoms with E-state index in [0.717, 1.165) is 22.7 Å². The number of hydrogen-bond donors (Lipinski definition) is 2. The number of halogens is 1. The lowest BCUT2D eigenvalue weighted by Gasteiger charge is -2.12. The maximum atomic E-state index is 5.88. The normalized spacial score (nSPS) is 13.5. The Morgan fingerprint density at radius 3 is 2.68 bits per heavy atom. The van der Waals surface area contributed by atoms with Gasteiger partial charge in [-0.25, -0.2) is 0 Å². The molecule has 0 saturated heterocycles. The smallest absolute Gasteiger partial charge is 0.0596 e. The van der Waals surface area contributed by atoms with Gasteiger partial charge in [-0.1, -0.05) is 29.8 Å². The minimum Gasteiger partial charge on any atom is -0.325 e. The third-order valence-electron chi connectivity index (χ3n) is 3.72. The van der Waals surface area contributed by atoms with Gasteiger partial charge in [-0.2, -0.15) is 0 Å².